The van der Waals surface area contributed by atoms with E-state index < -0.39 is 0 Å². The Hall–Kier alpha value is -1.47. The van der Waals surface area contributed by atoms with E-state index in [1.807, 2.05) is 11.8 Å². The Balaban J connectivity index is 2.14. The Morgan fingerprint density at radius 2 is 2.19 bits per heavy atom. The fourth-order valence-electron chi connectivity index (χ4n) is 1.46. The number of rotatable bonds is 3. The van der Waals surface area contributed by atoms with Gasteiger partial charge in [0.25, 0.3) is 5.95 Å². The number of nitrogens with zero attached hydrogens (tertiary/aromatic N) is 5. The molecule has 2 heterocycles. The SMILES string of the molecule is CCN(O)c1ncnc(N2CCOCC2)n1. The molecular weight excluding hydrogens is 210 g/mol. The van der Waals surface area contributed by atoms with Gasteiger partial charge in [0.15, 0.2) is 0 Å². The van der Waals surface area contributed by atoms with Crippen LogP contribution in [-0.2, 0) is 4.74 Å². The number of anilines is 2. The zero-order valence-electron chi connectivity index (χ0n) is 9.20. The molecule has 7 nitrogen and oxygen atoms in total. The number of hydrogen-bond acceptors (Lipinski definition) is 7. The molecule has 1 aromatic rings. The average molecular weight is 225 g/mol. The monoisotopic (exact) mass is 225 g/mol. The number of aromatic nitrogens is 3. The first kappa shape index (κ1) is 11.0. The Kier molecular flexibility index (Phi) is 3.47. The van der Waals surface area contributed by atoms with E-state index in [4.69, 9.17) is 4.74 Å². The Morgan fingerprint density at radius 1 is 1.44 bits per heavy atom. The van der Waals surface area contributed by atoms with E-state index in [9.17, 15) is 5.21 Å². The molecule has 0 bridgehead atoms. The zero-order chi connectivity index (χ0) is 11.4. The molecule has 1 aliphatic rings. The lowest BCUT2D eigenvalue weighted by atomic mass is 10.4. The topological polar surface area (TPSA) is 74.6 Å². The van der Waals surface area contributed by atoms with Crippen LogP contribution in [0.4, 0.5) is 11.9 Å². The second-order valence-electron chi connectivity index (χ2n) is 3.40. The molecule has 0 unspecified atom stereocenters. The van der Waals surface area contributed by atoms with Crippen LogP contribution in [0.15, 0.2) is 6.33 Å². The summed E-state index contributed by atoms with van der Waals surface area (Å²) in [6, 6.07) is 0. The summed E-state index contributed by atoms with van der Waals surface area (Å²) in [5.74, 6) is 0.861. The lowest BCUT2D eigenvalue weighted by Gasteiger charge is -2.26. The van der Waals surface area contributed by atoms with Crippen molar-refractivity contribution >= 4 is 11.9 Å². The number of hydrogen-bond donors (Lipinski definition) is 1. The highest BCUT2D eigenvalue weighted by Gasteiger charge is 2.15. The predicted molar refractivity (Wildman–Crippen MR) is 57.7 cm³/mol. The van der Waals surface area contributed by atoms with Gasteiger partial charge >= 0.3 is 0 Å². The molecule has 1 saturated heterocycles. The van der Waals surface area contributed by atoms with Crippen LogP contribution in [0.2, 0.25) is 0 Å². The third kappa shape index (κ3) is 2.37. The number of hydroxylamine groups is 1. The molecule has 0 amide bonds. The van der Waals surface area contributed by atoms with Crippen molar-refractivity contribution in [3.8, 4) is 0 Å². The van der Waals surface area contributed by atoms with E-state index in [0.717, 1.165) is 18.2 Å². The van der Waals surface area contributed by atoms with Gasteiger partial charge in [0.05, 0.1) is 13.2 Å². The third-order valence-corrected chi connectivity index (χ3v) is 2.37. The summed E-state index contributed by atoms with van der Waals surface area (Å²) >= 11 is 0. The molecule has 16 heavy (non-hydrogen) atoms. The molecular formula is C9H15N5O2. The van der Waals surface area contributed by atoms with Gasteiger partial charge in [0, 0.05) is 19.6 Å². The smallest absolute Gasteiger partial charge is 0.254 e. The van der Waals surface area contributed by atoms with Gasteiger partial charge in [-0.25, -0.2) is 10.0 Å². The first-order chi connectivity index (χ1) is 7.81. The molecule has 1 N–H and O–H groups in total. The summed E-state index contributed by atoms with van der Waals surface area (Å²) in [4.78, 5) is 14.2. The highest BCUT2D eigenvalue weighted by molar-refractivity contribution is 5.35. The van der Waals surface area contributed by atoms with Gasteiger partial charge in [0.2, 0.25) is 5.95 Å². The normalized spacial score (nSPS) is 16.2. The van der Waals surface area contributed by atoms with Gasteiger partial charge in [-0.15, -0.1) is 0 Å². The molecule has 0 aromatic carbocycles. The Morgan fingerprint density at radius 3 is 2.88 bits per heavy atom. The maximum absolute atomic E-state index is 9.49. The van der Waals surface area contributed by atoms with Crippen molar-refractivity contribution < 1.29 is 9.94 Å². The molecule has 1 aromatic heterocycles. The molecule has 1 fully saturated rings. The molecule has 0 aliphatic carbocycles. The molecule has 1 aliphatic heterocycles. The van der Waals surface area contributed by atoms with E-state index in [0.29, 0.717) is 25.7 Å². The Labute approximate surface area is 93.7 Å². The van der Waals surface area contributed by atoms with Crippen LogP contribution in [0.5, 0.6) is 0 Å². The summed E-state index contributed by atoms with van der Waals surface area (Å²) in [6.45, 7) is 5.14. The fraction of sp³-hybridized carbons (Fsp3) is 0.667. The summed E-state index contributed by atoms with van der Waals surface area (Å²) in [6.07, 6.45) is 1.41. The van der Waals surface area contributed by atoms with E-state index >= 15 is 0 Å². The van der Waals surface area contributed by atoms with Crippen molar-refractivity contribution in [3.05, 3.63) is 6.33 Å². The minimum atomic E-state index is 0.277. The number of morpholine rings is 1. The third-order valence-electron chi connectivity index (χ3n) is 2.37. The van der Waals surface area contributed by atoms with Crippen molar-refractivity contribution in [2.75, 3.05) is 42.8 Å². The van der Waals surface area contributed by atoms with Crippen molar-refractivity contribution in [3.63, 3.8) is 0 Å². The quantitative estimate of drug-likeness (QED) is 0.721. The van der Waals surface area contributed by atoms with Crippen LogP contribution in [0.25, 0.3) is 0 Å². The fourth-order valence-corrected chi connectivity index (χ4v) is 1.46. The maximum atomic E-state index is 9.49. The van der Waals surface area contributed by atoms with E-state index in [1.54, 1.807) is 0 Å². The van der Waals surface area contributed by atoms with Crippen molar-refractivity contribution in [1.82, 2.24) is 15.0 Å². The van der Waals surface area contributed by atoms with Gasteiger partial charge in [-0.2, -0.15) is 9.97 Å². The van der Waals surface area contributed by atoms with Crippen LogP contribution < -0.4 is 9.96 Å². The van der Waals surface area contributed by atoms with Crippen LogP contribution in [-0.4, -0.2) is 53.0 Å². The first-order valence-electron chi connectivity index (χ1n) is 5.29. The molecule has 2 rings (SSSR count). The van der Waals surface area contributed by atoms with Crippen LogP contribution >= 0.6 is 0 Å². The van der Waals surface area contributed by atoms with Crippen molar-refractivity contribution in [2.24, 2.45) is 0 Å². The highest BCUT2D eigenvalue weighted by atomic mass is 16.5. The minimum absolute atomic E-state index is 0.277. The lowest BCUT2D eigenvalue weighted by molar-refractivity contribution is 0.122. The molecule has 0 atom stereocenters. The summed E-state index contributed by atoms with van der Waals surface area (Å²) in [5, 5.41) is 10.5. The van der Waals surface area contributed by atoms with Crippen LogP contribution in [0, 0.1) is 0 Å². The van der Waals surface area contributed by atoms with Crippen LogP contribution in [0.1, 0.15) is 6.92 Å². The zero-order valence-corrected chi connectivity index (χ0v) is 9.20. The van der Waals surface area contributed by atoms with E-state index in [1.165, 1.54) is 6.33 Å². The van der Waals surface area contributed by atoms with Gasteiger partial charge in [0.1, 0.15) is 6.33 Å². The van der Waals surface area contributed by atoms with E-state index in [-0.39, 0.29) is 5.95 Å². The van der Waals surface area contributed by atoms with Gasteiger partial charge in [-0.1, -0.05) is 0 Å². The summed E-state index contributed by atoms with van der Waals surface area (Å²) in [5.41, 5.74) is 0. The van der Waals surface area contributed by atoms with E-state index in [2.05, 4.69) is 15.0 Å². The largest absolute Gasteiger partial charge is 0.378 e. The summed E-state index contributed by atoms with van der Waals surface area (Å²) < 4.78 is 5.25. The van der Waals surface area contributed by atoms with Crippen LogP contribution in [0.3, 0.4) is 0 Å². The van der Waals surface area contributed by atoms with Crippen molar-refractivity contribution in [2.45, 2.75) is 6.92 Å². The predicted octanol–water partition coefficient (Wildman–Crippen LogP) is -0.0763. The first-order valence-corrected chi connectivity index (χ1v) is 5.29. The van der Waals surface area contributed by atoms with Crippen molar-refractivity contribution in [1.29, 1.82) is 0 Å². The average Bonchev–Trinajstić information content (AvgIpc) is 2.39. The van der Waals surface area contributed by atoms with Gasteiger partial charge < -0.3 is 9.64 Å². The molecule has 88 valence electrons. The molecule has 0 spiro atoms. The highest BCUT2D eigenvalue weighted by Crippen LogP contribution is 2.11. The standard InChI is InChI=1S/C9H15N5O2/c1-2-14(15)9-11-7-10-8(12-9)13-3-5-16-6-4-13/h7,15H,2-6H2,1H3. The Bertz CT molecular complexity index is 342. The van der Waals surface area contributed by atoms with Gasteiger partial charge in [-0.3, -0.25) is 5.21 Å². The minimum Gasteiger partial charge on any atom is -0.378 e. The molecule has 7 heteroatoms. The second-order valence-corrected chi connectivity index (χ2v) is 3.40. The number of ether oxygens (including phenoxy) is 1. The lowest BCUT2D eigenvalue weighted by Crippen LogP contribution is -2.37. The molecule has 0 saturated carbocycles. The molecule has 0 radical (unpaired) electrons. The second kappa shape index (κ2) is 5.04. The van der Waals surface area contributed by atoms with Gasteiger partial charge in [-0.05, 0) is 6.92 Å². The maximum Gasteiger partial charge on any atom is 0.254 e. The summed E-state index contributed by atoms with van der Waals surface area (Å²) in [7, 11) is 0.